The van der Waals surface area contributed by atoms with Gasteiger partial charge in [-0.1, -0.05) is 6.58 Å². The van der Waals surface area contributed by atoms with E-state index in [1.54, 1.807) is 0 Å². The molecule has 0 aliphatic heterocycles. The Bertz CT molecular complexity index is 257. The van der Waals surface area contributed by atoms with Crippen LogP contribution in [0, 0.1) is 0 Å². The minimum absolute atomic E-state index is 0.556. The molecule has 0 amide bonds. The van der Waals surface area contributed by atoms with Crippen LogP contribution in [0.3, 0.4) is 0 Å². The summed E-state index contributed by atoms with van der Waals surface area (Å²) in [6, 6.07) is 0. The Morgan fingerprint density at radius 1 is 1.50 bits per heavy atom. The van der Waals surface area contributed by atoms with E-state index in [1.165, 1.54) is 0 Å². The number of methoxy groups -OCH3 is 1. The molecule has 0 aromatic carbocycles. The molecule has 78 valence electrons. The van der Waals surface area contributed by atoms with Crippen LogP contribution < -0.4 is 0 Å². The van der Waals surface area contributed by atoms with Crippen LogP contribution in [0.2, 0.25) is 0 Å². The van der Waals surface area contributed by atoms with E-state index >= 15 is 0 Å². The zero-order valence-corrected chi connectivity index (χ0v) is 7.56. The van der Waals surface area contributed by atoms with Gasteiger partial charge in [0.15, 0.2) is 6.10 Å². The van der Waals surface area contributed by atoms with Gasteiger partial charge in [-0.15, -0.1) is 0 Å². The highest BCUT2D eigenvalue weighted by Crippen LogP contribution is 1.97. The summed E-state index contributed by atoms with van der Waals surface area (Å²) in [5.74, 6) is -2.97. The van der Waals surface area contributed by atoms with Gasteiger partial charge in [0.2, 0.25) is 0 Å². The van der Waals surface area contributed by atoms with E-state index in [2.05, 4.69) is 16.1 Å². The normalized spacial score (nSPS) is 11.3. The number of carbonyl (C=O) groups is 3. The predicted molar refractivity (Wildman–Crippen MR) is 43.9 cm³/mol. The third-order valence-electron chi connectivity index (χ3n) is 1.23. The van der Waals surface area contributed by atoms with Crippen LogP contribution in [0.5, 0.6) is 0 Å². The lowest BCUT2D eigenvalue weighted by molar-refractivity contribution is -0.166. The highest BCUT2D eigenvalue weighted by Gasteiger charge is 2.22. The van der Waals surface area contributed by atoms with Gasteiger partial charge in [0.1, 0.15) is 0 Å². The summed E-state index contributed by atoms with van der Waals surface area (Å²) in [7, 11) is 1.11. The minimum atomic E-state index is -1.70. The monoisotopic (exact) mass is 202 g/mol. The largest absolute Gasteiger partial charge is 0.469 e. The van der Waals surface area contributed by atoms with Gasteiger partial charge in [-0.3, -0.25) is 4.79 Å². The van der Waals surface area contributed by atoms with Gasteiger partial charge >= 0.3 is 17.9 Å². The van der Waals surface area contributed by atoms with E-state index in [9.17, 15) is 14.4 Å². The van der Waals surface area contributed by atoms with Gasteiger partial charge in [0, 0.05) is 6.08 Å². The first kappa shape index (κ1) is 12.3. The van der Waals surface area contributed by atoms with Crippen LogP contribution in [-0.4, -0.2) is 36.2 Å². The zero-order valence-electron chi connectivity index (χ0n) is 7.56. The maximum absolute atomic E-state index is 10.8. The van der Waals surface area contributed by atoms with Gasteiger partial charge < -0.3 is 14.6 Å². The Morgan fingerprint density at radius 3 is 2.50 bits per heavy atom. The molecule has 6 heteroatoms. The van der Waals surface area contributed by atoms with Crippen LogP contribution in [0.4, 0.5) is 0 Å². The molecule has 0 saturated heterocycles. The number of hydrogen-bond donors (Lipinski definition) is 1. The lowest BCUT2D eigenvalue weighted by atomic mass is 10.2. The highest BCUT2D eigenvalue weighted by molar-refractivity contribution is 5.94. The van der Waals surface area contributed by atoms with Gasteiger partial charge in [0.25, 0.3) is 0 Å². The van der Waals surface area contributed by atoms with Crippen LogP contribution in [0.15, 0.2) is 12.7 Å². The fourth-order valence-corrected chi connectivity index (χ4v) is 0.533. The van der Waals surface area contributed by atoms with Gasteiger partial charge in [-0.25, -0.2) is 9.59 Å². The molecule has 1 unspecified atom stereocenters. The number of ether oxygens (including phenoxy) is 2. The molecule has 0 aromatic heterocycles. The zero-order chi connectivity index (χ0) is 11.1. The van der Waals surface area contributed by atoms with Crippen LogP contribution in [0.25, 0.3) is 0 Å². The second-order valence-corrected chi connectivity index (χ2v) is 2.24. The van der Waals surface area contributed by atoms with Crippen LogP contribution in [0.1, 0.15) is 6.42 Å². The van der Waals surface area contributed by atoms with Crippen molar-refractivity contribution in [3.8, 4) is 0 Å². The molecule has 0 fully saturated rings. The molecule has 1 N–H and O–H groups in total. The van der Waals surface area contributed by atoms with Crippen molar-refractivity contribution in [2.45, 2.75) is 12.5 Å². The van der Waals surface area contributed by atoms with Crippen molar-refractivity contribution < 1.29 is 29.0 Å². The number of hydrogen-bond acceptors (Lipinski definition) is 6. The molecule has 0 aromatic rings. The molecular formula is C8H10O6. The first-order chi connectivity index (χ1) is 6.51. The molecule has 0 aliphatic rings. The third-order valence-corrected chi connectivity index (χ3v) is 1.23. The second kappa shape index (κ2) is 5.87. The second-order valence-electron chi connectivity index (χ2n) is 2.24. The lowest BCUT2D eigenvalue weighted by Gasteiger charge is -2.06. The van der Waals surface area contributed by atoms with Crippen molar-refractivity contribution in [3.05, 3.63) is 12.7 Å². The van der Waals surface area contributed by atoms with E-state index in [1.807, 2.05) is 0 Å². The summed E-state index contributed by atoms with van der Waals surface area (Å²) in [6.45, 7) is 3.05. The van der Waals surface area contributed by atoms with Crippen molar-refractivity contribution in [2.24, 2.45) is 0 Å². The van der Waals surface area contributed by atoms with Gasteiger partial charge in [-0.2, -0.15) is 0 Å². The summed E-state index contributed by atoms with van der Waals surface area (Å²) in [4.78, 5) is 31.9. The lowest BCUT2D eigenvalue weighted by Crippen LogP contribution is -2.28. The minimum Gasteiger partial charge on any atom is -0.469 e. The van der Waals surface area contributed by atoms with E-state index in [-0.39, 0.29) is 0 Å². The van der Waals surface area contributed by atoms with E-state index < -0.39 is 30.4 Å². The number of aliphatic hydroxyl groups excluding tert-OH is 1. The third kappa shape index (κ3) is 4.36. The molecule has 14 heavy (non-hydrogen) atoms. The van der Waals surface area contributed by atoms with Crippen molar-refractivity contribution in [1.29, 1.82) is 0 Å². The molecule has 0 aliphatic carbocycles. The molecule has 1 atom stereocenters. The summed E-state index contributed by atoms with van der Waals surface area (Å²) in [6.07, 6.45) is -1.49. The Hall–Kier alpha value is -1.69. The fraction of sp³-hybridized carbons (Fsp3) is 0.375. The molecule has 0 spiro atoms. The van der Waals surface area contributed by atoms with Crippen LogP contribution >= 0.6 is 0 Å². The molecular weight excluding hydrogens is 192 g/mol. The van der Waals surface area contributed by atoms with E-state index in [4.69, 9.17) is 5.11 Å². The molecule has 6 nitrogen and oxygen atoms in total. The average Bonchev–Trinajstić information content (AvgIpc) is 2.17. The smallest absolute Gasteiger partial charge is 0.343 e. The first-order valence-electron chi connectivity index (χ1n) is 3.64. The maximum atomic E-state index is 10.8. The molecule has 0 rings (SSSR count). The quantitative estimate of drug-likeness (QED) is 0.363. The topological polar surface area (TPSA) is 89.9 Å². The Balaban J connectivity index is 4.05. The summed E-state index contributed by atoms with van der Waals surface area (Å²) < 4.78 is 8.24. The SMILES string of the molecule is C=CC(=O)OC(=O)C(O)CC(=O)OC. The number of rotatable bonds is 4. The van der Waals surface area contributed by atoms with E-state index in [0.29, 0.717) is 0 Å². The fourth-order valence-electron chi connectivity index (χ4n) is 0.533. The summed E-state index contributed by atoms with van der Waals surface area (Å²) >= 11 is 0. The molecule has 0 heterocycles. The summed E-state index contributed by atoms with van der Waals surface area (Å²) in [5, 5.41) is 9.00. The molecule has 0 radical (unpaired) electrons. The highest BCUT2D eigenvalue weighted by atomic mass is 16.6. The van der Waals surface area contributed by atoms with E-state index in [0.717, 1.165) is 13.2 Å². The molecule has 0 saturated carbocycles. The maximum Gasteiger partial charge on any atom is 0.343 e. The standard InChI is InChI=1S/C8H10O6/c1-3-6(10)14-8(12)5(9)4-7(11)13-2/h3,5,9H,1,4H2,2H3. The van der Waals surface area contributed by atoms with Crippen molar-refractivity contribution >= 4 is 17.9 Å². The summed E-state index contributed by atoms with van der Waals surface area (Å²) in [5.41, 5.74) is 0. The van der Waals surface area contributed by atoms with Crippen molar-refractivity contribution in [3.63, 3.8) is 0 Å². The first-order valence-corrected chi connectivity index (χ1v) is 3.64. The van der Waals surface area contributed by atoms with Crippen molar-refractivity contribution in [1.82, 2.24) is 0 Å². The van der Waals surface area contributed by atoms with Gasteiger partial charge in [-0.05, 0) is 0 Å². The van der Waals surface area contributed by atoms with Crippen LogP contribution in [-0.2, 0) is 23.9 Å². The Kier molecular flexibility index (Phi) is 5.16. The van der Waals surface area contributed by atoms with Crippen molar-refractivity contribution in [2.75, 3.05) is 7.11 Å². The Labute approximate surface area is 80.1 Å². The number of carbonyl (C=O) groups excluding carboxylic acids is 3. The number of esters is 3. The predicted octanol–water partition coefficient (Wildman–Crippen LogP) is -0.834. The van der Waals surface area contributed by atoms with Gasteiger partial charge in [0.05, 0.1) is 13.5 Å². The Morgan fingerprint density at radius 2 is 2.07 bits per heavy atom. The molecule has 0 bridgehead atoms. The number of aliphatic hydroxyl groups is 1. The average molecular weight is 202 g/mol.